The van der Waals surface area contributed by atoms with E-state index in [-0.39, 0.29) is 63.7 Å². The Morgan fingerprint density at radius 3 is 2.51 bits per heavy atom. The summed E-state index contributed by atoms with van der Waals surface area (Å²) in [6.45, 7) is 10.7. The van der Waals surface area contributed by atoms with E-state index in [1.165, 1.54) is 24.6 Å². The number of carbonyl (C=O) groups excluding carboxylic acids is 2. The number of nitrogens with zero attached hydrogens (tertiary/aromatic N) is 3. The van der Waals surface area contributed by atoms with Crippen molar-refractivity contribution in [2.24, 2.45) is 51.4 Å². The third-order valence-corrected chi connectivity index (χ3v) is 12.3. The lowest BCUT2D eigenvalue weighted by molar-refractivity contribution is -0.393. The summed E-state index contributed by atoms with van der Waals surface area (Å²) in [6, 6.07) is 3.46. The maximum Gasteiger partial charge on any atom is 0.301 e. The minimum absolute atomic E-state index is 0.0436. The van der Waals surface area contributed by atoms with Gasteiger partial charge in [0.05, 0.1) is 22.0 Å². The summed E-state index contributed by atoms with van der Waals surface area (Å²) in [7, 11) is 0. The van der Waals surface area contributed by atoms with Gasteiger partial charge in [0.2, 0.25) is 5.91 Å². The maximum atomic E-state index is 13.9. The summed E-state index contributed by atoms with van der Waals surface area (Å²) in [5.41, 5.74) is 4.18. The SMILES string of the molecule is CC(=O)NC[C@H](C)CCC(=O)[C@H](C)[C@@H]1/C(=N\Nc2ccc([N+](=O)[O-])cc2[N+](=O)[O-])C[C@H]2[C@H]3CC=C4C[C@@H](O)CC[C@]4(C)[C@@H]3CC[C@@]21C. The molecule has 256 valence electrons. The van der Waals surface area contributed by atoms with Crippen LogP contribution in [-0.2, 0) is 9.59 Å². The average Bonchev–Trinajstić information content (AvgIpc) is 3.33. The zero-order valence-electron chi connectivity index (χ0n) is 28.2. The smallest absolute Gasteiger partial charge is 0.301 e. The molecular weight excluding hydrogens is 602 g/mol. The van der Waals surface area contributed by atoms with E-state index in [4.69, 9.17) is 5.10 Å². The van der Waals surface area contributed by atoms with Gasteiger partial charge in [-0.25, -0.2) is 0 Å². The highest BCUT2D eigenvalue weighted by atomic mass is 16.6. The van der Waals surface area contributed by atoms with E-state index in [0.717, 1.165) is 50.3 Å². The van der Waals surface area contributed by atoms with E-state index in [1.54, 1.807) is 0 Å². The summed E-state index contributed by atoms with van der Waals surface area (Å²) < 4.78 is 0. The molecule has 4 aliphatic carbocycles. The van der Waals surface area contributed by atoms with Crippen molar-refractivity contribution in [2.45, 2.75) is 98.5 Å². The third kappa shape index (κ3) is 6.71. The van der Waals surface area contributed by atoms with Crippen LogP contribution in [-0.4, -0.2) is 45.0 Å². The summed E-state index contributed by atoms with van der Waals surface area (Å²) >= 11 is 0. The highest BCUT2D eigenvalue weighted by molar-refractivity contribution is 5.96. The number of fused-ring (bicyclic) bond motifs is 5. The molecule has 0 heterocycles. The largest absolute Gasteiger partial charge is 0.393 e. The highest BCUT2D eigenvalue weighted by Crippen LogP contribution is 2.66. The molecule has 1 amide bonds. The monoisotopic (exact) mass is 651 g/mol. The average molecular weight is 652 g/mol. The number of hydrogen-bond donors (Lipinski definition) is 3. The number of nitro benzene ring substituents is 2. The van der Waals surface area contributed by atoms with Crippen LogP contribution < -0.4 is 10.7 Å². The van der Waals surface area contributed by atoms with Gasteiger partial charge < -0.3 is 10.4 Å². The maximum absolute atomic E-state index is 13.9. The fourth-order valence-electron chi connectivity index (χ4n) is 9.70. The van der Waals surface area contributed by atoms with Gasteiger partial charge in [0.25, 0.3) is 5.69 Å². The van der Waals surface area contributed by atoms with Crippen LogP contribution in [0.4, 0.5) is 17.1 Å². The molecule has 3 saturated carbocycles. The first kappa shape index (κ1) is 34.7. The van der Waals surface area contributed by atoms with Crippen LogP contribution in [0.1, 0.15) is 92.4 Å². The lowest BCUT2D eigenvalue weighted by Crippen LogP contribution is -2.51. The van der Waals surface area contributed by atoms with Gasteiger partial charge in [-0.2, -0.15) is 5.10 Å². The van der Waals surface area contributed by atoms with Crippen molar-refractivity contribution in [2.75, 3.05) is 12.0 Å². The van der Waals surface area contributed by atoms with E-state index < -0.39 is 15.5 Å². The predicted octanol–water partition coefficient (Wildman–Crippen LogP) is 6.58. The second-order valence-corrected chi connectivity index (χ2v) is 15.1. The molecule has 0 aliphatic heterocycles. The van der Waals surface area contributed by atoms with E-state index in [0.29, 0.717) is 37.6 Å². The van der Waals surface area contributed by atoms with Gasteiger partial charge in [-0.15, -0.1) is 0 Å². The van der Waals surface area contributed by atoms with Crippen LogP contribution in [0.2, 0.25) is 0 Å². The Kier molecular flexibility index (Phi) is 9.92. The molecule has 0 unspecified atom stereocenters. The number of benzene rings is 1. The molecular formula is C35H49N5O7. The molecule has 4 aliphatic rings. The second kappa shape index (κ2) is 13.4. The Hall–Kier alpha value is -3.67. The molecule has 9 atom stereocenters. The number of anilines is 1. The first-order chi connectivity index (χ1) is 22.2. The summed E-state index contributed by atoms with van der Waals surface area (Å²) in [6.07, 6.45) is 9.17. The van der Waals surface area contributed by atoms with Gasteiger partial charge in [0.1, 0.15) is 11.5 Å². The van der Waals surface area contributed by atoms with Crippen molar-refractivity contribution < 1.29 is 24.5 Å². The molecule has 47 heavy (non-hydrogen) atoms. The van der Waals surface area contributed by atoms with Crippen LogP contribution in [0.3, 0.4) is 0 Å². The van der Waals surface area contributed by atoms with E-state index in [9.17, 15) is 34.9 Å². The molecule has 0 aromatic heterocycles. The van der Waals surface area contributed by atoms with Crippen LogP contribution in [0.5, 0.6) is 0 Å². The second-order valence-electron chi connectivity index (χ2n) is 15.1. The van der Waals surface area contributed by atoms with Crippen LogP contribution in [0.15, 0.2) is 34.9 Å². The van der Waals surface area contributed by atoms with Crippen molar-refractivity contribution in [3.63, 3.8) is 0 Å². The summed E-state index contributed by atoms with van der Waals surface area (Å²) in [4.78, 5) is 47.0. The Labute approximate surface area is 276 Å². The molecule has 1 aromatic rings. The number of ketones is 1. The Bertz CT molecular complexity index is 1490. The molecule has 3 fully saturated rings. The number of carbonyl (C=O) groups is 2. The van der Waals surface area contributed by atoms with Crippen LogP contribution in [0, 0.1) is 66.6 Å². The molecule has 5 rings (SSSR count). The minimum Gasteiger partial charge on any atom is -0.393 e. The predicted molar refractivity (Wildman–Crippen MR) is 179 cm³/mol. The number of allylic oxidation sites excluding steroid dienone is 1. The van der Waals surface area contributed by atoms with Crippen LogP contribution in [0.25, 0.3) is 0 Å². The first-order valence-electron chi connectivity index (χ1n) is 17.1. The van der Waals surface area contributed by atoms with Gasteiger partial charge in [0.15, 0.2) is 0 Å². The zero-order chi connectivity index (χ0) is 34.3. The molecule has 0 bridgehead atoms. The molecule has 0 radical (unpaired) electrons. The number of amides is 1. The van der Waals surface area contributed by atoms with Gasteiger partial charge in [0, 0.05) is 43.5 Å². The Morgan fingerprint density at radius 1 is 1.09 bits per heavy atom. The molecule has 12 heteroatoms. The summed E-state index contributed by atoms with van der Waals surface area (Å²) in [5, 5.41) is 41.2. The zero-order valence-corrected chi connectivity index (χ0v) is 28.2. The van der Waals surface area contributed by atoms with Gasteiger partial charge >= 0.3 is 5.69 Å². The van der Waals surface area contributed by atoms with Crippen molar-refractivity contribution in [3.8, 4) is 0 Å². The quantitative estimate of drug-likeness (QED) is 0.136. The molecule has 3 N–H and O–H groups in total. The lowest BCUT2D eigenvalue weighted by atomic mass is 9.47. The minimum atomic E-state index is -0.667. The van der Waals surface area contributed by atoms with E-state index in [2.05, 4.69) is 30.7 Å². The van der Waals surface area contributed by atoms with Gasteiger partial charge in [-0.3, -0.25) is 35.2 Å². The number of aliphatic hydroxyl groups is 1. The standard InChI is InChI=1S/C35H49N5O7/c1-20(19-36-22(3)41)6-11-32(43)21(2)33-30(38-37-29-10-8-24(39(44)45)17-31(29)40(46)47)18-28-26-9-7-23-16-25(42)12-14-34(23,4)27(26)13-15-35(28,33)5/h7-8,10,17,20-21,25-28,33,37,42H,6,9,11-16,18-19H2,1-5H3,(H,36,41)/b38-30-/t20-,21+,25+,26+,27-,28+,33-,34+,35+/m1/s1. The normalized spacial score (nSPS) is 33.4. The van der Waals surface area contributed by atoms with Gasteiger partial charge in [-0.05, 0) is 91.9 Å². The number of aliphatic hydroxyl groups excluding tert-OH is 1. The molecule has 12 nitrogen and oxygen atoms in total. The van der Waals surface area contributed by atoms with Crippen molar-refractivity contribution in [1.29, 1.82) is 0 Å². The van der Waals surface area contributed by atoms with Crippen molar-refractivity contribution in [1.82, 2.24) is 5.32 Å². The molecule has 1 aromatic carbocycles. The number of hydrazone groups is 1. The number of nitrogens with one attached hydrogen (secondary N) is 2. The fourth-order valence-corrected chi connectivity index (χ4v) is 9.70. The van der Waals surface area contributed by atoms with E-state index >= 15 is 0 Å². The summed E-state index contributed by atoms with van der Waals surface area (Å²) in [5.74, 6) is 0.795. The number of Topliss-reactive ketones (excluding diaryl/α,β-unsaturated/α-hetero) is 1. The number of hydrogen-bond acceptors (Lipinski definition) is 9. The molecule has 0 spiro atoms. The number of rotatable bonds is 11. The molecule has 0 saturated heterocycles. The fraction of sp³-hybridized carbons (Fsp3) is 0.686. The topological polar surface area (TPSA) is 177 Å². The van der Waals surface area contributed by atoms with Crippen LogP contribution >= 0.6 is 0 Å². The lowest BCUT2D eigenvalue weighted by Gasteiger charge is -2.58. The number of nitro groups is 2. The van der Waals surface area contributed by atoms with Crippen molar-refractivity contribution >= 4 is 34.5 Å². The van der Waals surface area contributed by atoms with Crippen molar-refractivity contribution in [3.05, 3.63) is 50.1 Å². The number of non-ortho nitro benzene ring substituents is 1. The Morgan fingerprint density at radius 2 is 1.83 bits per heavy atom. The first-order valence-corrected chi connectivity index (χ1v) is 17.1. The van der Waals surface area contributed by atoms with Gasteiger partial charge in [-0.1, -0.05) is 39.3 Å². The highest BCUT2D eigenvalue weighted by Gasteiger charge is 2.61. The van der Waals surface area contributed by atoms with E-state index in [1.807, 2.05) is 13.8 Å². The Balaban J connectivity index is 1.46. The third-order valence-electron chi connectivity index (χ3n) is 12.3.